The quantitative estimate of drug-likeness (QED) is 0.881. The van der Waals surface area contributed by atoms with Crippen molar-refractivity contribution >= 4 is 12.4 Å². The van der Waals surface area contributed by atoms with Crippen LogP contribution in [0.3, 0.4) is 0 Å². The molecule has 0 fully saturated rings. The molecule has 2 rings (SSSR count). The fourth-order valence-corrected chi connectivity index (χ4v) is 1.70. The number of benzene rings is 1. The topological polar surface area (TPSA) is 54.7 Å². The van der Waals surface area contributed by atoms with Gasteiger partial charge in [-0.1, -0.05) is 30.3 Å². The number of nitrogens with zero attached hydrogens (tertiary/aromatic N) is 1. The Morgan fingerprint density at radius 2 is 1.88 bits per heavy atom. The first-order valence-corrected chi connectivity index (χ1v) is 5.43. The zero-order valence-corrected chi connectivity index (χ0v) is 10.9. The van der Waals surface area contributed by atoms with E-state index in [2.05, 4.69) is 16.3 Å². The van der Waals surface area contributed by atoms with Gasteiger partial charge < -0.3 is 5.73 Å². The van der Waals surface area contributed by atoms with E-state index in [0.717, 1.165) is 23.4 Å². The number of hydrogen-bond donors (Lipinski definition) is 2. The second-order valence-corrected chi connectivity index (χ2v) is 4.81. The molecule has 0 radical (unpaired) electrons. The largest absolute Gasteiger partial charge is 0.325 e. The van der Waals surface area contributed by atoms with E-state index in [1.807, 2.05) is 44.2 Å². The summed E-state index contributed by atoms with van der Waals surface area (Å²) < 4.78 is 0. The van der Waals surface area contributed by atoms with Crippen LogP contribution < -0.4 is 5.73 Å². The van der Waals surface area contributed by atoms with E-state index < -0.39 is 0 Å². The summed E-state index contributed by atoms with van der Waals surface area (Å²) in [5.74, 6) is 0. The van der Waals surface area contributed by atoms with Gasteiger partial charge in [-0.25, -0.2) is 0 Å². The first-order chi connectivity index (χ1) is 7.54. The third-order valence-corrected chi connectivity index (χ3v) is 2.35. The molecule has 1 aromatic heterocycles. The molecule has 0 unspecified atom stereocenters. The number of aromatic nitrogens is 2. The van der Waals surface area contributed by atoms with Crippen LogP contribution in [0.2, 0.25) is 0 Å². The molecule has 0 saturated heterocycles. The molecule has 0 atom stereocenters. The number of nitrogens with two attached hydrogens (primary N) is 1. The van der Waals surface area contributed by atoms with E-state index >= 15 is 0 Å². The van der Waals surface area contributed by atoms with Crippen molar-refractivity contribution in [3.8, 4) is 11.3 Å². The highest BCUT2D eigenvalue weighted by Gasteiger charge is 2.13. The number of hydrogen-bond acceptors (Lipinski definition) is 2. The molecule has 1 heterocycles. The first kappa shape index (κ1) is 13.7. The van der Waals surface area contributed by atoms with Gasteiger partial charge in [-0.3, -0.25) is 5.10 Å². The van der Waals surface area contributed by atoms with Gasteiger partial charge in [0.25, 0.3) is 0 Å². The Morgan fingerprint density at radius 1 is 1.24 bits per heavy atom. The minimum atomic E-state index is -0.208. The van der Waals surface area contributed by atoms with Crippen molar-refractivity contribution in [1.82, 2.24) is 10.2 Å². The number of halogens is 1. The van der Waals surface area contributed by atoms with E-state index in [0.29, 0.717) is 0 Å². The zero-order chi connectivity index (χ0) is 11.6. The summed E-state index contributed by atoms with van der Waals surface area (Å²) in [5.41, 5.74) is 8.93. The molecule has 17 heavy (non-hydrogen) atoms. The highest BCUT2D eigenvalue weighted by molar-refractivity contribution is 5.85. The molecular weight excluding hydrogens is 234 g/mol. The molecule has 0 aliphatic rings. The van der Waals surface area contributed by atoms with Crippen LogP contribution in [0.25, 0.3) is 11.3 Å². The van der Waals surface area contributed by atoms with Gasteiger partial charge in [0.05, 0.1) is 5.69 Å². The molecule has 2 aromatic rings. The molecule has 0 aliphatic heterocycles. The van der Waals surface area contributed by atoms with Crippen molar-refractivity contribution in [3.05, 3.63) is 42.1 Å². The van der Waals surface area contributed by atoms with Crippen LogP contribution >= 0.6 is 12.4 Å². The van der Waals surface area contributed by atoms with Crippen molar-refractivity contribution in [2.75, 3.05) is 0 Å². The molecule has 0 bridgehead atoms. The SMILES string of the molecule is CC(C)(N)Cc1cc(-c2ccccc2)n[nH]1.Cl. The summed E-state index contributed by atoms with van der Waals surface area (Å²) >= 11 is 0. The molecule has 4 heteroatoms. The Kier molecular flexibility index (Phi) is 4.32. The van der Waals surface area contributed by atoms with Gasteiger partial charge in [-0.05, 0) is 19.9 Å². The minimum Gasteiger partial charge on any atom is -0.325 e. The molecule has 0 aliphatic carbocycles. The van der Waals surface area contributed by atoms with E-state index in [-0.39, 0.29) is 17.9 Å². The number of rotatable bonds is 3. The van der Waals surface area contributed by atoms with Gasteiger partial charge in [-0.2, -0.15) is 5.10 Å². The van der Waals surface area contributed by atoms with Crippen molar-refractivity contribution < 1.29 is 0 Å². The number of nitrogens with one attached hydrogen (secondary N) is 1. The summed E-state index contributed by atoms with van der Waals surface area (Å²) in [6, 6.07) is 12.2. The van der Waals surface area contributed by atoms with Gasteiger partial charge in [0, 0.05) is 23.2 Å². The Labute approximate surface area is 108 Å². The lowest BCUT2D eigenvalue weighted by Gasteiger charge is -2.16. The Morgan fingerprint density at radius 3 is 2.47 bits per heavy atom. The average molecular weight is 252 g/mol. The van der Waals surface area contributed by atoms with Gasteiger partial charge in [-0.15, -0.1) is 12.4 Å². The van der Waals surface area contributed by atoms with Gasteiger partial charge in [0.15, 0.2) is 0 Å². The number of H-pyrrole nitrogens is 1. The lowest BCUT2D eigenvalue weighted by atomic mass is 10.00. The Bertz CT molecular complexity index is 457. The highest BCUT2D eigenvalue weighted by Crippen LogP contribution is 2.18. The molecule has 3 nitrogen and oxygen atoms in total. The third-order valence-electron chi connectivity index (χ3n) is 2.35. The number of aromatic amines is 1. The van der Waals surface area contributed by atoms with Crippen LogP contribution in [0.5, 0.6) is 0 Å². The molecule has 3 N–H and O–H groups in total. The normalized spacial score (nSPS) is 11.0. The fourth-order valence-electron chi connectivity index (χ4n) is 1.70. The maximum Gasteiger partial charge on any atom is 0.0923 e. The van der Waals surface area contributed by atoms with Crippen LogP contribution in [-0.4, -0.2) is 15.7 Å². The molecule has 1 aromatic carbocycles. The van der Waals surface area contributed by atoms with Crippen molar-refractivity contribution in [3.63, 3.8) is 0 Å². The van der Waals surface area contributed by atoms with E-state index in [1.165, 1.54) is 0 Å². The van der Waals surface area contributed by atoms with Crippen LogP contribution in [0, 0.1) is 0 Å². The second kappa shape index (κ2) is 5.34. The van der Waals surface area contributed by atoms with E-state index in [1.54, 1.807) is 0 Å². The predicted molar refractivity (Wildman–Crippen MR) is 73.2 cm³/mol. The lowest BCUT2D eigenvalue weighted by Crippen LogP contribution is -2.34. The third kappa shape index (κ3) is 3.88. The maximum atomic E-state index is 5.97. The molecule has 0 saturated carbocycles. The summed E-state index contributed by atoms with van der Waals surface area (Å²) in [5, 5.41) is 7.32. The van der Waals surface area contributed by atoms with Crippen LogP contribution in [0.15, 0.2) is 36.4 Å². The predicted octanol–water partition coefficient (Wildman–Crippen LogP) is 2.78. The van der Waals surface area contributed by atoms with Gasteiger partial charge >= 0.3 is 0 Å². The van der Waals surface area contributed by atoms with Crippen molar-refractivity contribution in [1.29, 1.82) is 0 Å². The molecule has 92 valence electrons. The summed E-state index contributed by atoms with van der Waals surface area (Å²) in [6.07, 6.45) is 0.798. The van der Waals surface area contributed by atoms with Crippen LogP contribution in [0.1, 0.15) is 19.5 Å². The summed E-state index contributed by atoms with van der Waals surface area (Å²) in [7, 11) is 0. The Balaban J connectivity index is 0.00000144. The molecular formula is C13H18ClN3. The summed E-state index contributed by atoms with van der Waals surface area (Å²) in [6.45, 7) is 4.02. The fraction of sp³-hybridized carbons (Fsp3) is 0.308. The molecule has 0 spiro atoms. The van der Waals surface area contributed by atoms with Gasteiger partial charge in [0.2, 0.25) is 0 Å². The highest BCUT2D eigenvalue weighted by atomic mass is 35.5. The standard InChI is InChI=1S/C13H17N3.ClH/c1-13(2,14)9-11-8-12(16-15-11)10-6-4-3-5-7-10;/h3-8H,9,14H2,1-2H3,(H,15,16);1H. The first-order valence-electron chi connectivity index (χ1n) is 5.43. The van der Waals surface area contributed by atoms with Crippen LogP contribution in [0.4, 0.5) is 0 Å². The molecule has 0 amide bonds. The van der Waals surface area contributed by atoms with Crippen molar-refractivity contribution in [2.24, 2.45) is 5.73 Å². The second-order valence-electron chi connectivity index (χ2n) is 4.81. The van der Waals surface area contributed by atoms with Gasteiger partial charge in [0.1, 0.15) is 0 Å². The average Bonchev–Trinajstić information content (AvgIpc) is 2.65. The van der Waals surface area contributed by atoms with Crippen LogP contribution in [-0.2, 0) is 6.42 Å². The van der Waals surface area contributed by atoms with E-state index in [9.17, 15) is 0 Å². The smallest absolute Gasteiger partial charge is 0.0923 e. The maximum absolute atomic E-state index is 5.97. The Hall–Kier alpha value is -1.32. The summed E-state index contributed by atoms with van der Waals surface area (Å²) in [4.78, 5) is 0. The monoisotopic (exact) mass is 251 g/mol. The van der Waals surface area contributed by atoms with E-state index in [4.69, 9.17) is 5.73 Å². The lowest BCUT2D eigenvalue weighted by molar-refractivity contribution is 0.509. The minimum absolute atomic E-state index is 0. The van der Waals surface area contributed by atoms with Crippen molar-refractivity contribution in [2.45, 2.75) is 25.8 Å². The zero-order valence-electron chi connectivity index (χ0n) is 10.1.